The van der Waals surface area contributed by atoms with Crippen molar-refractivity contribution in [2.75, 3.05) is 22.9 Å². The number of rotatable bonds is 10. The van der Waals surface area contributed by atoms with Gasteiger partial charge in [-0.05, 0) is 79.9 Å². The number of fused-ring (bicyclic) bond motifs is 2. The number of para-hydroxylation sites is 4. The summed E-state index contributed by atoms with van der Waals surface area (Å²) in [5.41, 5.74) is 5.77. The number of carbonyl (C=O) groups excluding carboxylic acids is 2. The maximum Gasteiger partial charge on any atom is 0.227 e. The number of nitrogens with zero attached hydrogens (tertiary/aromatic N) is 6. The third-order valence-corrected chi connectivity index (χ3v) is 10.3. The van der Waals surface area contributed by atoms with Gasteiger partial charge in [-0.1, -0.05) is 59.6 Å². The summed E-state index contributed by atoms with van der Waals surface area (Å²) < 4.78 is 4.64. The van der Waals surface area contributed by atoms with E-state index in [1.807, 2.05) is 82.6 Å². The Hall–Kier alpha value is -4.66. The number of amides is 2. The van der Waals surface area contributed by atoms with Crippen molar-refractivity contribution < 1.29 is 9.59 Å². The fourth-order valence-corrected chi connectivity index (χ4v) is 7.92. The number of aromatic nitrogens is 4. The standard InChI is InChI=1S/C39H36Cl2N6O2/c40-28-10-8-12-30(22-28)46-24-26(20-36(46)48)38-42-32-14-2-4-16-34(32)44(38)18-6-1-7-19-45-35-17-5-3-15-33(35)43-39(45)27-21-37(49)47(25-27)31-13-9-11-29(41)23-31/h2-5,8-17,22-23,26-27H,1,6-7,18-21,24-25H2. The highest BCUT2D eigenvalue weighted by molar-refractivity contribution is 6.31. The Morgan fingerprint density at radius 3 is 1.47 bits per heavy atom. The molecule has 2 aliphatic rings. The Bertz CT molecular complexity index is 2040. The minimum Gasteiger partial charge on any atom is -0.328 e. The lowest BCUT2D eigenvalue weighted by Crippen LogP contribution is -2.24. The van der Waals surface area contributed by atoms with Gasteiger partial charge in [0.25, 0.3) is 0 Å². The molecule has 0 saturated carbocycles. The van der Waals surface area contributed by atoms with Crippen molar-refractivity contribution >= 4 is 68.5 Å². The van der Waals surface area contributed by atoms with E-state index in [1.165, 1.54) is 0 Å². The number of hydrogen-bond acceptors (Lipinski definition) is 4. The Morgan fingerprint density at radius 2 is 1.02 bits per heavy atom. The first-order valence-corrected chi connectivity index (χ1v) is 17.7. The normalized spacial score (nSPS) is 18.1. The average Bonchev–Trinajstić information content (AvgIpc) is 3.87. The van der Waals surface area contributed by atoms with E-state index in [4.69, 9.17) is 33.2 Å². The molecule has 2 saturated heterocycles. The molecule has 6 aromatic rings. The van der Waals surface area contributed by atoms with E-state index in [9.17, 15) is 9.59 Å². The quantitative estimate of drug-likeness (QED) is 0.135. The van der Waals surface area contributed by atoms with E-state index >= 15 is 0 Å². The van der Waals surface area contributed by atoms with Gasteiger partial charge in [-0.2, -0.15) is 0 Å². The number of halogens is 2. The van der Waals surface area contributed by atoms with Crippen molar-refractivity contribution in [3.05, 3.63) is 119 Å². The first kappa shape index (κ1) is 31.6. The summed E-state index contributed by atoms with van der Waals surface area (Å²) in [6.07, 6.45) is 3.79. The molecule has 0 bridgehead atoms. The van der Waals surface area contributed by atoms with Gasteiger partial charge in [0.1, 0.15) is 11.6 Å². The highest BCUT2D eigenvalue weighted by Crippen LogP contribution is 2.36. The predicted molar refractivity (Wildman–Crippen MR) is 196 cm³/mol. The fraction of sp³-hybridized carbons (Fsp3) is 0.282. The van der Waals surface area contributed by atoms with E-state index in [0.717, 1.165) is 77.4 Å². The number of unbranched alkanes of at least 4 members (excludes halogenated alkanes) is 2. The molecule has 49 heavy (non-hydrogen) atoms. The largest absolute Gasteiger partial charge is 0.328 e. The topological polar surface area (TPSA) is 76.3 Å². The van der Waals surface area contributed by atoms with E-state index < -0.39 is 0 Å². The van der Waals surface area contributed by atoms with Crippen LogP contribution in [-0.4, -0.2) is 44.0 Å². The number of benzene rings is 4. The lowest BCUT2D eigenvalue weighted by molar-refractivity contribution is -0.118. The summed E-state index contributed by atoms with van der Waals surface area (Å²) >= 11 is 12.5. The van der Waals surface area contributed by atoms with Gasteiger partial charge in [-0.3, -0.25) is 9.59 Å². The highest BCUT2D eigenvalue weighted by atomic mass is 35.5. The molecule has 10 heteroatoms. The molecule has 4 heterocycles. The molecule has 0 radical (unpaired) electrons. The SMILES string of the molecule is O=C1CC(c2nc3ccccc3n2CCCCCn2c(C3CC(=O)N(c4cccc(Cl)c4)C3)nc3ccccc32)CN1c1cccc(Cl)c1. The zero-order valence-corrected chi connectivity index (χ0v) is 28.5. The van der Waals surface area contributed by atoms with Crippen LogP contribution >= 0.6 is 23.2 Å². The smallest absolute Gasteiger partial charge is 0.227 e. The van der Waals surface area contributed by atoms with Crippen LogP contribution in [0.3, 0.4) is 0 Å². The van der Waals surface area contributed by atoms with Crippen LogP contribution in [-0.2, 0) is 22.7 Å². The van der Waals surface area contributed by atoms with Gasteiger partial charge < -0.3 is 18.9 Å². The summed E-state index contributed by atoms with van der Waals surface area (Å²) in [7, 11) is 0. The fourth-order valence-electron chi connectivity index (χ4n) is 7.55. The maximum atomic E-state index is 13.2. The molecule has 0 spiro atoms. The number of hydrogen-bond donors (Lipinski definition) is 0. The van der Waals surface area contributed by atoms with Crippen LogP contribution in [0.2, 0.25) is 10.0 Å². The molecule has 2 amide bonds. The Balaban J connectivity index is 0.970. The Morgan fingerprint density at radius 1 is 0.571 bits per heavy atom. The minimum absolute atomic E-state index is 0.000600. The second kappa shape index (κ2) is 13.3. The van der Waals surface area contributed by atoms with Crippen LogP contribution in [0.4, 0.5) is 11.4 Å². The van der Waals surface area contributed by atoms with Crippen molar-refractivity contribution in [2.24, 2.45) is 0 Å². The van der Waals surface area contributed by atoms with E-state index in [2.05, 4.69) is 33.4 Å². The van der Waals surface area contributed by atoms with E-state index in [1.54, 1.807) is 0 Å². The van der Waals surface area contributed by atoms with Crippen molar-refractivity contribution in [3.63, 3.8) is 0 Å². The first-order valence-electron chi connectivity index (χ1n) is 16.9. The van der Waals surface area contributed by atoms with Gasteiger partial charge in [0.2, 0.25) is 11.8 Å². The van der Waals surface area contributed by atoms with Gasteiger partial charge in [0.05, 0.1) is 22.1 Å². The van der Waals surface area contributed by atoms with Gasteiger partial charge in [0.15, 0.2) is 0 Å². The molecule has 4 aromatic carbocycles. The molecule has 2 unspecified atom stereocenters. The van der Waals surface area contributed by atoms with Crippen LogP contribution in [0.15, 0.2) is 97.1 Å². The molecule has 2 fully saturated rings. The molecule has 2 aromatic heterocycles. The van der Waals surface area contributed by atoms with Gasteiger partial charge in [-0.15, -0.1) is 0 Å². The number of imidazole rings is 2. The molecule has 0 N–H and O–H groups in total. The monoisotopic (exact) mass is 690 g/mol. The van der Waals surface area contributed by atoms with E-state index in [-0.39, 0.29) is 23.7 Å². The van der Waals surface area contributed by atoms with Crippen LogP contribution in [0.25, 0.3) is 22.1 Å². The molecule has 2 atom stereocenters. The second-order valence-corrected chi connectivity index (χ2v) is 13.9. The number of anilines is 2. The molecular formula is C39H36Cl2N6O2. The number of carbonyl (C=O) groups is 2. The number of aryl methyl sites for hydroxylation is 2. The second-order valence-electron chi connectivity index (χ2n) is 13.1. The van der Waals surface area contributed by atoms with Crippen LogP contribution < -0.4 is 9.80 Å². The molecule has 8 rings (SSSR count). The maximum absolute atomic E-state index is 13.2. The minimum atomic E-state index is -0.000600. The van der Waals surface area contributed by atoms with Crippen molar-refractivity contribution in [1.82, 2.24) is 19.1 Å². The molecule has 0 aliphatic carbocycles. The summed E-state index contributed by atoms with van der Waals surface area (Å²) in [6.45, 7) is 2.80. The lowest BCUT2D eigenvalue weighted by atomic mass is 10.1. The first-order chi connectivity index (χ1) is 23.9. The van der Waals surface area contributed by atoms with Gasteiger partial charge in [-0.25, -0.2) is 9.97 Å². The van der Waals surface area contributed by atoms with Crippen LogP contribution in [0, 0.1) is 0 Å². The molecule has 2 aliphatic heterocycles. The molecule has 8 nitrogen and oxygen atoms in total. The van der Waals surface area contributed by atoms with Crippen LogP contribution in [0.5, 0.6) is 0 Å². The van der Waals surface area contributed by atoms with Crippen LogP contribution in [0.1, 0.15) is 55.6 Å². The van der Waals surface area contributed by atoms with Crippen molar-refractivity contribution in [2.45, 2.75) is 57.0 Å². The lowest BCUT2D eigenvalue weighted by Gasteiger charge is -2.18. The summed E-state index contributed by atoms with van der Waals surface area (Å²) in [5, 5.41) is 1.24. The predicted octanol–water partition coefficient (Wildman–Crippen LogP) is 8.60. The molecule has 248 valence electrons. The van der Waals surface area contributed by atoms with Gasteiger partial charge >= 0.3 is 0 Å². The Labute approximate surface area is 294 Å². The summed E-state index contributed by atoms with van der Waals surface area (Å²) in [5.74, 6) is 2.12. The highest BCUT2D eigenvalue weighted by Gasteiger charge is 2.36. The Kier molecular flexibility index (Phi) is 8.60. The molecular weight excluding hydrogens is 655 g/mol. The third kappa shape index (κ3) is 6.20. The van der Waals surface area contributed by atoms with Crippen molar-refractivity contribution in [3.8, 4) is 0 Å². The van der Waals surface area contributed by atoms with E-state index in [0.29, 0.717) is 36.0 Å². The zero-order valence-electron chi connectivity index (χ0n) is 27.0. The zero-order chi connectivity index (χ0) is 33.5. The average molecular weight is 692 g/mol. The van der Waals surface area contributed by atoms with Crippen molar-refractivity contribution in [1.29, 1.82) is 0 Å². The third-order valence-electron chi connectivity index (χ3n) is 9.85. The summed E-state index contributed by atoms with van der Waals surface area (Å²) in [4.78, 5) is 40.1. The summed E-state index contributed by atoms with van der Waals surface area (Å²) in [6, 6.07) is 31.4. The van der Waals surface area contributed by atoms with Gasteiger partial charge in [0, 0.05) is 72.3 Å².